The Labute approximate surface area is 82.7 Å². The van der Waals surface area contributed by atoms with E-state index in [1.165, 1.54) is 6.08 Å². The first kappa shape index (κ1) is 10.9. The minimum atomic E-state index is 0.442. The van der Waals surface area contributed by atoms with Crippen LogP contribution < -0.4 is 0 Å². The molecular formula is C9H14N2O3. The molecule has 1 aromatic rings. The summed E-state index contributed by atoms with van der Waals surface area (Å²) in [5.41, 5.74) is 0. The van der Waals surface area contributed by atoms with E-state index in [9.17, 15) is 0 Å². The molecule has 0 amide bonds. The van der Waals surface area contributed by atoms with Crippen molar-refractivity contribution >= 4 is 6.08 Å². The lowest BCUT2D eigenvalue weighted by molar-refractivity contribution is 0.0714. The molecule has 78 valence electrons. The second kappa shape index (κ2) is 6.28. The quantitative estimate of drug-likeness (QED) is 0.610. The van der Waals surface area contributed by atoms with E-state index in [-0.39, 0.29) is 0 Å². The molecule has 0 unspecified atom stereocenters. The average Bonchev–Trinajstić information content (AvgIpc) is 2.65. The number of aromatic nitrogens is 2. The molecule has 0 fully saturated rings. The molecule has 0 aliphatic rings. The van der Waals surface area contributed by atoms with E-state index in [2.05, 4.69) is 16.7 Å². The SMILES string of the molecule is C=Cc1nc(CCOCCOC)no1. The molecular weight excluding hydrogens is 184 g/mol. The molecule has 0 spiro atoms. The molecule has 0 saturated carbocycles. The molecule has 0 aliphatic heterocycles. The molecule has 0 atom stereocenters. The highest BCUT2D eigenvalue weighted by Gasteiger charge is 2.02. The standard InChI is InChI=1S/C9H14N2O3/c1-3-9-10-8(11-14-9)4-5-13-7-6-12-2/h3H,1,4-7H2,2H3. The molecule has 0 N–H and O–H groups in total. The van der Waals surface area contributed by atoms with Crippen molar-refractivity contribution < 1.29 is 14.0 Å². The van der Waals surface area contributed by atoms with Crippen LogP contribution in [-0.4, -0.2) is 37.1 Å². The van der Waals surface area contributed by atoms with Gasteiger partial charge in [-0.2, -0.15) is 4.98 Å². The Morgan fingerprint density at radius 1 is 1.43 bits per heavy atom. The second-order valence-corrected chi connectivity index (χ2v) is 2.61. The van der Waals surface area contributed by atoms with Gasteiger partial charge in [-0.25, -0.2) is 0 Å². The Hall–Kier alpha value is -1.20. The first-order valence-electron chi connectivity index (χ1n) is 4.38. The fourth-order valence-electron chi connectivity index (χ4n) is 0.860. The zero-order valence-electron chi connectivity index (χ0n) is 8.23. The van der Waals surface area contributed by atoms with E-state index >= 15 is 0 Å². The first-order valence-corrected chi connectivity index (χ1v) is 4.38. The van der Waals surface area contributed by atoms with Crippen LogP contribution in [0.1, 0.15) is 11.7 Å². The van der Waals surface area contributed by atoms with Crippen molar-refractivity contribution in [2.24, 2.45) is 0 Å². The van der Waals surface area contributed by atoms with E-state index in [0.717, 1.165) is 0 Å². The van der Waals surface area contributed by atoms with Gasteiger partial charge in [-0.3, -0.25) is 0 Å². The van der Waals surface area contributed by atoms with Crippen LogP contribution in [0.2, 0.25) is 0 Å². The summed E-state index contributed by atoms with van der Waals surface area (Å²) in [7, 11) is 1.64. The van der Waals surface area contributed by atoms with Crippen LogP contribution in [0.4, 0.5) is 0 Å². The maximum atomic E-state index is 5.25. The van der Waals surface area contributed by atoms with E-state index < -0.39 is 0 Å². The van der Waals surface area contributed by atoms with Crippen molar-refractivity contribution in [2.45, 2.75) is 6.42 Å². The highest BCUT2D eigenvalue weighted by molar-refractivity contribution is 5.32. The fourth-order valence-corrected chi connectivity index (χ4v) is 0.860. The smallest absolute Gasteiger partial charge is 0.250 e. The second-order valence-electron chi connectivity index (χ2n) is 2.61. The van der Waals surface area contributed by atoms with Gasteiger partial charge in [-0.05, 0) is 6.08 Å². The molecule has 1 heterocycles. The summed E-state index contributed by atoms with van der Waals surface area (Å²) in [6.07, 6.45) is 2.16. The van der Waals surface area contributed by atoms with Gasteiger partial charge in [0.05, 0.1) is 19.8 Å². The summed E-state index contributed by atoms with van der Waals surface area (Å²) in [6.45, 7) is 5.28. The van der Waals surface area contributed by atoms with E-state index in [1.807, 2.05) is 0 Å². The van der Waals surface area contributed by atoms with Gasteiger partial charge in [0.25, 0.3) is 0 Å². The van der Waals surface area contributed by atoms with Gasteiger partial charge in [0.1, 0.15) is 0 Å². The number of nitrogens with zero attached hydrogens (tertiary/aromatic N) is 2. The number of methoxy groups -OCH3 is 1. The minimum Gasteiger partial charge on any atom is -0.382 e. The van der Waals surface area contributed by atoms with Gasteiger partial charge >= 0.3 is 0 Å². The zero-order chi connectivity index (χ0) is 10.2. The monoisotopic (exact) mass is 198 g/mol. The summed E-state index contributed by atoms with van der Waals surface area (Å²) >= 11 is 0. The largest absolute Gasteiger partial charge is 0.382 e. The maximum Gasteiger partial charge on any atom is 0.250 e. The van der Waals surface area contributed by atoms with Crippen LogP contribution in [0.15, 0.2) is 11.1 Å². The maximum absolute atomic E-state index is 5.25. The average molecular weight is 198 g/mol. The normalized spacial score (nSPS) is 10.4. The van der Waals surface area contributed by atoms with Crippen molar-refractivity contribution in [1.82, 2.24) is 10.1 Å². The number of rotatable bonds is 7. The van der Waals surface area contributed by atoms with E-state index in [0.29, 0.717) is 38.0 Å². The third-order valence-electron chi connectivity index (χ3n) is 1.56. The Kier molecular flexibility index (Phi) is 4.88. The van der Waals surface area contributed by atoms with Crippen molar-refractivity contribution in [1.29, 1.82) is 0 Å². The first-order chi connectivity index (χ1) is 6.86. The lowest BCUT2D eigenvalue weighted by atomic mass is 10.4. The van der Waals surface area contributed by atoms with Crippen molar-refractivity contribution in [3.05, 3.63) is 18.3 Å². The van der Waals surface area contributed by atoms with Gasteiger partial charge in [0.15, 0.2) is 5.82 Å². The van der Waals surface area contributed by atoms with Crippen LogP contribution >= 0.6 is 0 Å². The molecule has 0 bridgehead atoms. The summed E-state index contributed by atoms with van der Waals surface area (Å²) in [4.78, 5) is 4.04. The number of hydrogen-bond acceptors (Lipinski definition) is 5. The van der Waals surface area contributed by atoms with Gasteiger partial charge < -0.3 is 14.0 Å². The Balaban J connectivity index is 2.14. The summed E-state index contributed by atoms with van der Waals surface area (Å²) < 4.78 is 14.9. The molecule has 0 aliphatic carbocycles. The molecule has 0 aromatic carbocycles. The molecule has 1 aromatic heterocycles. The third kappa shape index (κ3) is 3.68. The fraction of sp³-hybridized carbons (Fsp3) is 0.556. The highest BCUT2D eigenvalue weighted by Crippen LogP contribution is 1.99. The van der Waals surface area contributed by atoms with Crippen LogP contribution in [0.5, 0.6) is 0 Å². The van der Waals surface area contributed by atoms with Gasteiger partial charge in [0.2, 0.25) is 5.89 Å². The van der Waals surface area contributed by atoms with E-state index in [1.54, 1.807) is 7.11 Å². The lowest BCUT2D eigenvalue weighted by Gasteiger charge is -1.99. The summed E-state index contributed by atoms with van der Waals surface area (Å²) in [5.74, 6) is 1.08. The zero-order valence-corrected chi connectivity index (χ0v) is 8.23. The minimum absolute atomic E-state index is 0.442. The molecule has 1 rings (SSSR count). The van der Waals surface area contributed by atoms with Gasteiger partial charge in [0, 0.05) is 13.5 Å². The van der Waals surface area contributed by atoms with Crippen molar-refractivity contribution in [3.63, 3.8) is 0 Å². The Morgan fingerprint density at radius 2 is 2.29 bits per heavy atom. The third-order valence-corrected chi connectivity index (χ3v) is 1.56. The molecule has 0 saturated heterocycles. The van der Waals surface area contributed by atoms with Crippen LogP contribution in [0.3, 0.4) is 0 Å². The van der Waals surface area contributed by atoms with Crippen LogP contribution in [0.25, 0.3) is 6.08 Å². The molecule has 0 radical (unpaired) electrons. The Bertz CT molecular complexity index is 273. The van der Waals surface area contributed by atoms with Gasteiger partial charge in [-0.1, -0.05) is 11.7 Å². The van der Waals surface area contributed by atoms with E-state index in [4.69, 9.17) is 14.0 Å². The predicted octanol–water partition coefficient (Wildman–Crippen LogP) is 0.918. The molecule has 5 nitrogen and oxygen atoms in total. The summed E-state index contributed by atoms with van der Waals surface area (Å²) in [6, 6.07) is 0. The van der Waals surface area contributed by atoms with Crippen LogP contribution in [0, 0.1) is 0 Å². The van der Waals surface area contributed by atoms with Crippen molar-refractivity contribution in [2.75, 3.05) is 26.9 Å². The number of ether oxygens (including phenoxy) is 2. The number of hydrogen-bond donors (Lipinski definition) is 0. The topological polar surface area (TPSA) is 57.4 Å². The van der Waals surface area contributed by atoms with Crippen molar-refractivity contribution in [3.8, 4) is 0 Å². The van der Waals surface area contributed by atoms with Gasteiger partial charge in [-0.15, -0.1) is 0 Å². The molecule has 14 heavy (non-hydrogen) atoms. The highest BCUT2D eigenvalue weighted by atomic mass is 16.5. The lowest BCUT2D eigenvalue weighted by Crippen LogP contribution is -2.05. The predicted molar refractivity (Wildman–Crippen MR) is 50.8 cm³/mol. The summed E-state index contributed by atoms with van der Waals surface area (Å²) in [5, 5.41) is 3.74. The molecule has 5 heteroatoms. The van der Waals surface area contributed by atoms with Crippen LogP contribution in [-0.2, 0) is 15.9 Å². The Morgan fingerprint density at radius 3 is 2.93 bits per heavy atom.